The molecule has 0 saturated heterocycles. The summed E-state index contributed by atoms with van der Waals surface area (Å²) in [6.07, 6.45) is 0.788. The molecule has 1 amide bonds. The zero-order valence-electron chi connectivity index (χ0n) is 19.4. The molecule has 0 saturated carbocycles. The highest BCUT2D eigenvalue weighted by atomic mass is 32.2. The van der Waals surface area contributed by atoms with E-state index in [-0.39, 0.29) is 16.8 Å². The van der Waals surface area contributed by atoms with Crippen LogP contribution < -0.4 is 9.04 Å². The number of nitrogens with zero attached hydrogens (tertiary/aromatic N) is 2. The fraction of sp³-hybridized carbons (Fsp3) is 0.269. The van der Waals surface area contributed by atoms with Crippen molar-refractivity contribution < 1.29 is 17.9 Å². The summed E-state index contributed by atoms with van der Waals surface area (Å²) < 4.78 is 32.9. The largest absolute Gasteiger partial charge is 0.497 e. The summed E-state index contributed by atoms with van der Waals surface area (Å²) in [5.41, 5.74) is 1.86. The first-order valence-corrected chi connectivity index (χ1v) is 12.3. The Morgan fingerprint density at radius 1 is 0.970 bits per heavy atom. The molecule has 6 nitrogen and oxygen atoms in total. The number of carbonyl (C=O) groups excluding carboxylic acids is 1. The van der Waals surface area contributed by atoms with Gasteiger partial charge < -0.3 is 9.64 Å². The van der Waals surface area contributed by atoms with Crippen molar-refractivity contribution in [3.63, 3.8) is 0 Å². The minimum atomic E-state index is -3.86. The molecule has 0 bridgehead atoms. The molecule has 0 fully saturated rings. The standard InChI is InChI=1S/C26H30N2O4S/c1-5-20(2)28(19-21-10-7-6-8-11-21)26(29)22-12-9-13-25(18-22)33(30,31)27(3)23-14-16-24(32-4)17-15-23/h6-18,20H,5,19H2,1-4H3. The van der Waals surface area contributed by atoms with Crippen LogP contribution >= 0.6 is 0 Å². The van der Waals surface area contributed by atoms with E-state index < -0.39 is 10.0 Å². The van der Waals surface area contributed by atoms with Gasteiger partial charge in [-0.25, -0.2) is 8.42 Å². The predicted molar refractivity (Wildman–Crippen MR) is 131 cm³/mol. The molecule has 0 aliphatic carbocycles. The maximum absolute atomic E-state index is 13.4. The highest BCUT2D eigenvalue weighted by Crippen LogP contribution is 2.25. The molecule has 174 valence electrons. The number of benzene rings is 3. The summed E-state index contributed by atoms with van der Waals surface area (Å²) in [7, 11) is -0.810. The van der Waals surface area contributed by atoms with Crippen molar-refractivity contribution in [3.05, 3.63) is 90.0 Å². The van der Waals surface area contributed by atoms with Gasteiger partial charge >= 0.3 is 0 Å². The summed E-state index contributed by atoms with van der Waals surface area (Å²) in [6, 6.07) is 22.8. The number of carbonyl (C=O) groups is 1. The molecule has 0 heterocycles. The molecule has 0 N–H and O–H groups in total. The molecule has 3 rings (SSSR count). The van der Waals surface area contributed by atoms with Crippen molar-refractivity contribution in [2.45, 2.75) is 37.8 Å². The van der Waals surface area contributed by atoms with E-state index in [4.69, 9.17) is 4.74 Å². The molecule has 0 spiro atoms. The molecule has 0 aliphatic rings. The zero-order chi connectivity index (χ0) is 24.0. The van der Waals surface area contributed by atoms with Gasteiger partial charge in [-0.05, 0) is 61.4 Å². The zero-order valence-corrected chi connectivity index (χ0v) is 20.2. The van der Waals surface area contributed by atoms with Gasteiger partial charge in [-0.15, -0.1) is 0 Å². The van der Waals surface area contributed by atoms with Crippen molar-refractivity contribution in [3.8, 4) is 5.75 Å². The second-order valence-electron chi connectivity index (χ2n) is 7.87. The Balaban J connectivity index is 1.90. The Morgan fingerprint density at radius 3 is 2.24 bits per heavy atom. The van der Waals surface area contributed by atoms with Gasteiger partial charge in [0, 0.05) is 25.2 Å². The highest BCUT2D eigenvalue weighted by molar-refractivity contribution is 7.92. The minimum absolute atomic E-state index is 0.0000536. The SMILES string of the molecule is CCC(C)N(Cc1ccccc1)C(=O)c1cccc(S(=O)(=O)N(C)c2ccc(OC)cc2)c1. The number of anilines is 1. The number of sulfonamides is 1. The van der Waals surface area contributed by atoms with Crippen LogP contribution in [0.4, 0.5) is 5.69 Å². The fourth-order valence-corrected chi connectivity index (χ4v) is 4.71. The Bertz CT molecular complexity index is 1180. The van der Waals surface area contributed by atoms with Gasteiger partial charge in [-0.1, -0.05) is 43.3 Å². The van der Waals surface area contributed by atoms with E-state index in [0.29, 0.717) is 23.5 Å². The van der Waals surface area contributed by atoms with E-state index in [1.807, 2.05) is 44.2 Å². The quantitative estimate of drug-likeness (QED) is 0.447. The molecule has 33 heavy (non-hydrogen) atoms. The number of methoxy groups -OCH3 is 1. The third-order valence-corrected chi connectivity index (χ3v) is 7.54. The summed E-state index contributed by atoms with van der Waals surface area (Å²) in [5.74, 6) is 0.443. The van der Waals surface area contributed by atoms with Crippen LogP contribution in [0.3, 0.4) is 0 Å². The van der Waals surface area contributed by atoms with E-state index in [1.54, 1.807) is 48.4 Å². The first-order valence-electron chi connectivity index (χ1n) is 10.9. The van der Waals surface area contributed by atoms with Crippen LogP contribution in [0, 0.1) is 0 Å². The molecular formula is C26H30N2O4S. The van der Waals surface area contributed by atoms with Gasteiger partial charge in [0.2, 0.25) is 0 Å². The van der Waals surface area contributed by atoms with E-state index in [2.05, 4.69) is 0 Å². The summed E-state index contributed by atoms with van der Waals surface area (Å²) in [5, 5.41) is 0. The second-order valence-corrected chi connectivity index (χ2v) is 9.84. The molecular weight excluding hydrogens is 436 g/mol. The number of rotatable bonds is 9. The first kappa shape index (κ1) is 24.3. The van der Waals surface area contributed by atoms with Crippen molar-refractivity contribution in [2.24, 2.45) is 0 Å². The predicted octanol–water partition coefficient (Wildman–Crippen LogP) is 4.96. The van der Waals surface area contributed by atoms with Crippen LogP contribution in [0.25, 0.3) is 0 Å². The Kier molecular flexibility index (Phi) is 7.76. The molecule has 7 heteroatoms. The molecule has 0 aliphatic heterocycles. The van der Waals surface area contributed by atoms with Crippen LogP contribution in [-0.4, -0.2) is 39.4 Å². The van der Waals surface area contributed by atoms with Gasteiger partial charge in [0.05, 0.1) is 17.7 Å². The van der Waals surface area contributed by atoms with Gasteiger partial charge in [-0.2, -0.15) is 0 Å². The van der Waals surface area contributed by atoms with Crippen LogP contribution in [0.1, 0.15) is 36.2 Å². The number of ether oxygens (including phenoxy) is 1. The lowest BCUT2D eigenvalue weighted by molar-refractivity contribution is 0.0671. The minimum Gasteiger partial charge on any atom is -0.497 e. The number of hydrogen-bond donors (Lipinski definition) is 0. The molecule has 1 atom stereocenters. The maximum atomic E-state index is 13.4. The van der Waals surface area contributed by atoms with Crippen molar-refractivity contribution in [1.29, 1.82) is 0 Å². The third kappa shape index (κ3) is 5.54. The molecule has 3 aromatic rings. The molecule has 1 unspecified atom stereocenters. The van der Waals surface area contributed by atoms with Crippen molar-refractivity contribution in [1.82, 2.24) is 4.90 Å². The lowest BCUT2D eigenvalue weighted by Crippen LogP contribution is -2.38. The normalized spacial score (nSPS) is 12.1. The van der Waals surface area contributed by atoms with E-state index in [1.165, 1.54) is 23.5 Å². The molecule has 0 radical (unpaired) electrons. The Hall–Kier alpha value is -3.32. The lowest BCUT2D eigenvalue weighted by Gasteiger charge is -2.29. The topological polar surface area (TPSA) is 66.9 Å². The second kappa shape index (κ2) is 10.5. The first-order chi connectivity index (χ1) is 15.8. The number of amides is 1. The van der Waals surface area contributed by atoms with Gasteiger partial charge in [0.25, 0.3) is 15.9 Å². The van der Waals surface area contributed by atoms with Gasteiger partial charge in [0.15, 0.2) is 0 Å². The molecule has 0 aromatic heterocycles. The molecule has 3 aromatic carbocycles. The van der Waals surface area contributed by atoms with E-state index in [0.717, 1.165) is 12.0 Å². The number of hydrogen-bond acceptors (Lipinski definition) is 4. The average molecular weight is 467 g/mol. The van der Waals surface area contributed by atoms with Crippen LogP contribution in [0.15, 0.2) is 83.8 Å². The highest BCUT2D eigenvalue weighted by Gasteiger charge is 2.25. The summed E-state index contributed by atoms with van der Waals surface area (Å²) in [4.78, 5) is 15.3. The fourth-order valence-electron chi connectivity index (χ4n) is 3.47. The summed E-state index contributed by atoms with van der Waals surface area (Å²) >= 11 is 0. The van der Waals surface area contributed by atoms with Crippen LogP contribution in [0.2, 0.25) is 0 Å². The third-order valence-electron chi connectivity index (χ3n) is 5.75. The Labute approximate surface area is 196 Å². The van der Waals surface area contributed by atoms with Crippen LogP contribution in [0.5, 0.6) is 5.75 Å². The lowest BCUT2D eigenvalue weighted by atomic mass is 10.1. The smallest absolute Gasteiger partial charge is 0.264 e. The van der Waals surface area contributed by atoms with Gasteiger partial charge in [-0.3, -0.25) is 9.10 Å². The maximum Gasteiger partial charge on any atom is 0.264 e. The van der Waals surface area contributed by atoms with Crippen LogP contribution in [-0.2, 0) is 16.6 Å². The van der Waals surface area contributed by atoms with Crippen molar-refractivity contribution >= 4 is 21.6 Å². The van der Waals surface area contributed by atoms with Gasteiger partial charge in [0.1, 0.15) is 5.75 Å². The summed E-state index contributed by atoms with van der Waals surface area (Å²) in [6.45, 7) is 4.48. The monoisotopic (exact) mass is 466 g/mol. The van der Waals surface area contributed by atoms with E-state index >= 15 is 0 Å². The average Bonchev–Trinajstić information content (AvgIpc) is 2.86. The van der Waals surface area contributed by atoms with Crippen molar-refractivity contribution in [2.75, 3.05) is 18.5 Å². The Morgan fingerprint density at radius 2 is 1.64 bits per heavy atom. The van der Waals surface area contributed by atoms with E-state index in [9.17, 15) is 13.2 Å².